The van der Waals surface area contributed by atoms with E-state index in [1.165, 1.54) is 5.56 Å². The maximum absolute atomic E-state index is 5.38. The van der Waals surface area contributed by atoms with Gasteiger partial charge < -0.3 is 4.74 Å². The molecule has 0 unspecified atom stereocenters. The lowest BCUT2D eigenvalue weighted by Gasteiger charge is -2.09. The summed E-state index contributed by atoms with van der Waals surface area (Å²) in [5.41, 5.74) is 6.75. The van der Waals surface area contributed by atoms with Crippen LogP contribution in [-0.4, -0.2) is 7.11 Å². The quantitative estimate of drug-likeness (QED) is 0.649. The van der Waals surface area contributed by atoms with E-state index in [9.17, 15) is 0 Å². The third-order valence-electron chi connectivity index (χ3n) is 2.97. The molecule has 2 aromatic rings. The zero-order valence-corrected chi connectivity index (χ0v) is 11.3. The predicted octanol–water partition coefficient (Wildman–Crippen LogP) is 4.42. The molecule has 0 heterocycles. The second kappa shape index (κ2) is 6.00. The van der Waals surface area contributed by atoms with Gasteiger partial charge in [0, 0.05) is 0 Å². The highest BCUT2D eigenvalue weighted by molar-refractivity contribution is 5.58. The van der Waals surface area contributed by atoms with E-state index in [2.05, 4.69) is 15.8 Å². The SMILES string of the molecule is COc1c(N=NNc2ccccc2)ccc(C)c1C. The van der Waals surface area contributed by atoms with Crippen molar-refractivity contribution in [3.05, 3.63) is 53.6 Å². The van der Waals surface area contributed by atoms with Gasteiger partial charge in [-0.15, -0.1) is 5.11 Å². The number of hydrogen-bond acceptors (Lipinski definition) is 3. The summed E-state index contributed by atoms with van der Waals surface area (Å²) >= 11 is 0. The van der Waals surface area contributed by atoms with Gasteiger partial charge in [-0.2, -0.15) is 0 Å². The fraction of sp³-hybridized carbons (Fsp3) is 0.200. The monoisotopic (exact) mass is 255 g/mol. The molecule has 0 aliphatic carbocycles. The van der Waals surface area contributed by atoms with Gasteiger partial charge in [0.1, 0.15) is 11.4 Å². The molecule has 0 bridgehead atoms. The van der Waals surface area contributed by atoms with Crippen LogP contribution in [0.15, 0.2) is 52.8 Å². The smallest absolute Gasteiger partial charge is 0.149 e. The van der Waals surface area contributed by atoms with Gasteiger partial charge in [0.05, 0.1) is 12.8 Å². The number of aryl methyl sites for hydroxylation is 1. The number of hydrogen-bond donors (Lipinski definition) is 1. The van der Waals surface area contributed by atoms with Crippen LogP contribution >= 0.6 is 0 Å². The van der Waals surface area contributed by atoms with Crippen LogP contribution in [0.5, 0.6) is 5.75 Å². The van der Waals surface area contributed by atoms with Crippen molar-refractivity contribution >= 4 is 11.4 Å². The highest BCUT2D eigenvalue weighted by atomic mass is 16.5. The molecule has 2 aromatic carbocycles. The summed E-state index contributed by atoms with van der Waals surface area (Å²) in [6.45, 7) is 4.05. The second-order valence-corrected chi connectivity index (χ2v) is 4.24. The average molecular weight is 255 g/mol. The maximum Gasteiger partial charge on any atom is 0.149 e. The van der Waals surface area contributed by atoms with Crippen molar-refractivity contribution < 1.29 is 4.74 Å². The number of methoxy groups -OCH3 is 1. The van der Waals surface area contributed by atoms with Crippen molar-refractivity contribution in [2.24, 2.45) is 10.3 Å². The highest BCUT2D eigenvalue weighted by Gasteiger charge is 2.07. The number of nitrogens with zero attached hydrogens (tertiary/aromatic N) is 2. The van der Waals surface area contributed by atoms with Crippen LogP contribution in [0.4, 0.5) is 11.4 Å². The molecule has 1 N–H and O–H groups in total. The molecule has 0 fully saturated rings. The molecule has 0 atom stereocenters. The first-order valence-corrected chi connectivity index (χ1v) is 6.08. The largest absolute Gasteiger partial charge is 0.494 e. The highest BCUT2D eigenvalue weighted by Crippen LogP contribution is 2.33. The minimum atomic E-state index is 0.717. The van der Waals surface area contributed by atoms with Crippen LogP contribution in [-0.2, 0) is 0 Å². The summed E-state index contributed by atoms with van der Waals surface area (Å²) in [5, 5.41) is 8.15. The molecule has 0 spiro atoms. The van der Waals surface area contributed by atoms with E-state index in [4.69, 9.17) is 4.74 Å². The van der Waals surface area contributed by atoms with Crippen LogP contribution in [0.3, 0.4) is 0 Å². The number of para-hydroxylation sites is 1. The molecule has 4 heteroatoms. The van der Waals surface area contributed by atoms with Crippen molar-refractivity contribution in [2.45, 2.75) is 13.8 Å². The van der Waals surface area contributed by atoms with E-state index in [-0.39, 0.29) is 0 Å². The summed E-state index contributed by atoms with van der Waals surface area (Å²) < 4.78 is 5.38. The van der Waals surface area contributed by atoms with Crippen molar-refractivity contribution in [3.63, 3.8) is 0 Å². The molecule has 98 valence electrons. The zero-order valence-electron chi connectivity index (χ0n) is 11.3. The lowest BCUT2D eigenvalue weighted by molar-refractivity contribution is 0.412. The first-order chi connectivity index (χ1) is 9.22. The van der Waals surface area contributed by atoms with Gasteiger partial charge >= 0.3 is 0 Å². The van der Waals surface area contributed by atoms with E-state index in [1.807, 2.05) is 56.3 Å². The second-order valence-electron chi connectivity index (χ2n) is 4.24. The summed E-state index contributed by atoms with van der Waals surface area (Å²) in [7, 11) is 1.64. The summed E-state index contributed by atoms with van der Waals surface area (Å²) in [4.78, 5) is 0. The van der Waals surface area contributed by atoms with Crippen LogP contribution < -0.4 is 10.2 Å². The Morgan fingerprint density at radius 1 is 1.00 bits per heavy atom. The Morgan fingerprint density at radius 2 is 1.74 bits per heavy atom. The Morgan fingerprint density at radius 3 is 2.42 bits per heavy atom. The predicted molar refractivity (Wildman–Crippen MR) is 77.0 cm³/mol. The number of rotatable bonds is 4. The number of benzene rings is 2. The molecule has 0 amide bonds. The van der Waals surface area contributed by atoms with Crippen LogP contribution in [0.1, 0.15) is 11.1 Å². The molecule has 0 aliphatic heterocycles. The lowest BCUT2D eigenvalue weighted by atomic mass is 10.1. The van der Waals surface area contributed by atoms with Gasteiger partial charge in [-0.1, -0.05) is 29.5 Å². The van der Waals surface area contributed by atoms with E-state index < -0.39 is 0 Å². The third kappa shape index (κ3) is 3.10. The standard InChI is InChI=1S/C15H17N3O/c1-11-9-10-14(15(19-3)12(11)2)17-18-16-13-7-5-4-6-8-13/h4-10H,1-3H3,(H,16,17). The zero-order chi connectivity index (χ0) is 13.7. The molecule has 0 aromatic heterocycles. The van der Waals surface area contributed by atoms with E-state index in [0.717, 1.165) is 17.0 Å². The number of anilines is 1. The van der Waals surface area contributed by atoms with Crippen LogP contribution in [0.2, 0.25) is 0 Å². The van der Waals surface area contributed by atoms with Crippen molar-refractivity contribution in [2.75, 3.05) is 12.5 Å². The lowest BCUT2D eigenvalue weighted by Crippen LogP contribution is -1.91. The minimum Gasteiger partial charge on any atom is -0.494 e. The third-order valence-corrected chi connectivity index (χ3v) is 2.97. The molecule has 0 radical (unpaired) electrons. The molecule has 0 saturated heterocycles. The normalized spacial score (nSPS) is 10.7. The summed E-state index contributed by atoms with van der Waals surface area (Å²) in [6, 6.07) is 13.6. The Bertz CT molecular complexity index is 579. The molecule has 4 nitrogen and oxygen atoms in total. The fourth-order valence-corrected chi connectivity index (χ4v) is 1.76. The van der Waals surface area contributed by atoms with Crippen molar-refractivity contribution in [3.8, 4) is 5.75 Å². The molecule has 19 heavy (non-hydrogen) atoms. The summed E-state index contributed by atoms with van der Waals surface area (Å²) in [5.74, 6) is 0.763. The van der Waals surface area contributed by atoms with Crippen molar-refractivity contribution in [1.82, 2.24) is 0 Å². The Labute approximate surface area is 113 Å². The van der Waals surface area contributed by atoms with E-state index in [1.54, 1.807) is 7.11 Å². The summed E-state index contributed by atoms with van der Waals surface area (Å²) in [6.07, 6.45) is 0. The van der Waals surface area contributed by atoms with Gasteiger partial charge in [0.25, 0.3) is 0 Å². The van der Waals surface area contributed by atoms with Gasteiger partial charge in [0.15, 0.2) is 0 Å². The van der Waals surface area contributed by atoms with Gasteiger partial charge in [0.2, 0.25) is 0 Å². The minimum absolute atomic E-state index is 0.717. The molecule has 2 rings (SSSR count). The van der Waals surface area contributed by atoms with Gasteiger partial charge in [-0.25, -0.2) is 0 Å². The van der Waals surface area contributed by atoms with E-state index in [0.29, 0.717) is 5.69 Å². The number of ether oxygens (including phenoxy) is 1. The molecule has 0 saturated carbocycles. The Balaban J connectivity index is 2.17. The Hall–Kier alpha value is -2.36. The molecular formula is C15H17N3O. The van der Waals surface area contributed by atoms with Gasteiger partial charge in [-0.3, -0.25) is 5.43 Å². The van der Waals surface area contributed by atoms with Crippen LogP contribution in [0, 0.1) is 13.8 Å². The Kier molecular flexibility index (Phi) is 4.13. The topological polar surface area (TPSA) is 46.0 Å². The van der Waals surface area contributed by atoms with Crippen LogP contribution in [0.25, 0.3) is 0 Å². The fourth-order valence-electron chi connectivity index (χ4n) is 1.76. The van der Waals surface area contributed by atoms with Gasteiger partial charge in [-0.05, 0) is 43.2 Å². The average Bonchev–Trinajstić information content (AvgIpc) is 2.44. The molecular weight excluding hydrogens is 238 g/mol. The number of nitrogens with one attached hydrogen (secondary N) is 1. The maximum atomic E-state index is 5.38. The first-order valence-electron chi connectivity index (χ1n) is 6.08. The first kappa shape index (κ1) is 13.1. The van der Waals surface area contributed by atoms with E-state index >= 15 is 0 Å². The van der Waals surface area contributed by atoms with Crippen molar-refractivity contribution in [1.29, 1.82) is 0 Å². The molecule has 0 aliphatic rings.